The number of carbonyl (C=O) groups is 1. The van der Waals surface area contributed by atoms with Crippen LogP contribution in [0.15, 0.2) is 0 Å². The third kappa shape index (κ3) is 4.09. The number of halogens is 3. The molecule has 1 fully saturated rings. The molecular formula is C13H23F3N2O. The molecular weight excluding hydrogens is 257 g/mol. The number of rotatable bonds is 5. The van der Waals surface area contributed by atoms with Gasteiger partial charge >= 0.3 is 6.18 Å². The summed E-state index contributed by atoms with van der Waals surface area (Å²) in [5.74, 6) is -0.125. The van der Waals surface area contributed by atoms with Crippen LogP contribution in [0.5, 0.6) is 0 Å². The van der Waals surface area contributed by atoms with Crippen molar-refractivity contribution >= 4 is 5.91 Å². The maximum Gasteiger partial charge on any atom is 0.391 e. The average Bonchev–Trinajstić information content (AvgIpc) is 2.53. The highest BCUT2D eigenvalue weighted by atomic mass is 19.4. The van der Waals surface area contributed by atoms with Crippen LogP contribution in [-0.4, -0.2) is 35.2 Å². The zero-order valence-corrected chi connectivity index (χ0v) is 11.9. The van der Waals surface area contributed by atoms with Crippen LogP contribution in [0.1, 0.15) is 47.0 Å². The molecule has 3 unspecified atom stereocenters. The summed E-state index contributed by atoms with van der Waals surface area (Å²) in [6.07, 6.45) is -3.97. The molecule has 1 aliphatic rings. The summed E-state index contributed by atoms with van der Waals surface area (Å²) in [7, 11) is 0. The highest BCUT2D eigenvalue weighted by Gasteiger charge is 2.44. The lowest BCUT2D eigenvalue weighted by molar-refractivity contribution is -0.153. The Balaban J connectivity index is 2.84. The summed E-state index contributed by atoms with van der Waals surface area (Å²) in [4.78, 5) is 13.6. The fourth-order valence-electron chi connectivity index (χ4n) is 2.60. The van der Waals surface area contributed by atoms with Crippen LogP contribution in [0.25, 0.3) is 0 Å². The molecule has 19 heavy (non-hydrogen) atoms. The van der Waals surface area contributed by atoms with E-state index in [1.165, 1.54) is 11.8 Å². The predicted octanol–water partition coefficient (Wildman–Crippen LogP) is 2.91. The van der Waals surface area contributed by atoms with E-state index >= 15 is 0 Å². The van der Waals surface area contributed by atoms with Gasteiger partial charge in [0, 0.05) is 6.04 Å². The third-order valence-electron chi connectivity index (χ3n) is 3.46. The molecule has 1 N–H and O–H groups in total. The number of carbonyl (C=O) groups excluding carboxylic acids is 1. The van der Waals surface area contributed by atoms with Crippen LogP contribution in [-0.2, 0) is 4.79 Å². The molecule has 6 heteroatoms. The van der Waals surface area contributed by atoms with Crippen molar-refractivity contribution in [1.29, 1.82) is 0 Å². The van der Waals surface area contributed by atoms with E-state index in [9.17, 15) is 18.0 Å². The van der Waals surface area contributed by atoms with Gasteiger partial charge in [-0.25, -0.2) is 0 Å². The van der Waals surface area contributed by atoms with Crippen molar-refractivity contribution in [3.8, 4) is 0 Å². The van der Waals surface area contributed by atoms with Gasteiger partial charge in [0.2, 0.25) is 5.91 Å². The topological polar surface area (TPSA) is 32.3 Å². The Hall–Kier alpha value is -0.780. The van der Waals surface area contributed by atoms with Crippen molar-refractivity contribution in [3.05, 3.63) is 0 Å². The van der Waals surface area contributed by atoms with E-state index in [1.54, 1.807) is 0 Å². The fourth-order valence-corrected chi connectivity index (χ4v) is 2.60. The lowest BCUT2D eigenvalue weighted by Crippen LogP contribution is -2.45. The fraction of sp³-hybridized carbons (Fsp3) is 0.923. The summed E-state index contributed by atoms with van der Waals surface area (Å²) in [5.41, 5.74) is 0. The molecule has 0 aromatic heterocycles. The highest BCUT2D eigenvalue weighted by Crippen LogP contribution is 2.29. The van der Waals surface area contributed by atoms with Crippen molar-refractivity contribution in [2.45, 2.75) is 71.4 Å². The van der Waals surface area contributed by atoms with E-state index in [0.717, 1.165) is 6.42 Å². The van der Waals surface area contributed by atoms with E-state index in [-0.39, 0.29) is 24.0 Å². The minimum absolute atomic E-state index is 0.0787. The van der Waals surface area contributed by atoms with Gasteiger partial charge in [0.15, 0.2) is 0 Å². The van der Waals surface area contributed by atoms with E-state index in [1.807, 2.05) is 20.8 Å². The first-order valence-corrected chi connectivity index (χ1v) is 6.82. The molecule has 112 valence electrons. The Morgan fingerprint density at radius 3 is 2.32 bits per heavy atom. The minimum atomic E-state index is -4.24. The molecule has 1 aliphatic heterocycles. The second kappa shape index (κ2) is 6.11. The van der Waals surface area contributed by atoms with Gasteiger partial charge in [0.1, 0.15) is 0 Å². The van der Waals surface area contributed by atoms with Gasteiger partial charge < -0.3 is 4.90 Å². The second-order valence-corrected chi connectivity index (χ2v) is 5.61. The molecule has 0 aromatic carbocycles. The molecule has 0 aliphatic carbocycles. The van der Waals surface area contributed by atoms with Crippen LogP contribution >= 0.6 is 0 Å². The Labute approximate surface area is 112 Å². The van der Waals surface area contributed by atoms with E-state index < -0.39 is 18.6 Å². The molecule has 1 heterocycles. The summed E-state index contributed by atoms with van der Waals surface area (Å²) >= 11 is 0. The lowest BCUT2D eigenvalue weighted by Gasteiger charge is -2.30. The predicted molar refractivity (Wildman–Crippen MR) is 67.4 cm³/mol. The van der Waals surface area contributed by atoms with Crippen molar-refractivity contribution in [3.63, 3.8) is 0 Å². The van der Waals surface area contributed by atoms with Crippen molar-refractivity contribution < 1.29 is 18.0 Å². The van der Waals surface area contributed by atoms with Gasteiger partial charge in [-0.05, 0) is 19.3 Å². The molecule has 1 rings (SSSR count). The normalized spacial score (nSPS) is 26.3. The Kier molecular flexibility index (Phi) is 5.24. The van der Waals surface area contributed by atoms with Crippen LogP contribution in [0.2, 0.25) is 0 Å². The average molecular weight is 280 g/mol. The molecule has 0 saturated carbocycles. The smallest absolute Gasteiger partial charge is 0.323 e. The number of alkyl halides is 3. The molecule has 0 radical (unpaired) electrons. The Bertz CT molecular complexity index is 318. The van der Waals surface area contributed by atoms with Crippen LogP contribution < -0.4 is 5.32 Å². The van der Waals surface area contributed by atoms with Gasteiger partial charge in [-0.2, -0.15) is 13.2 Å². The van der Waals surface area contributed by atoms with E-state index in [2.05, 4.69) is 5.32 Å². The molecule has 0 aromatic rings. The van der Waals surface area contributed by atoms with Crippen molar-refractivity contribution in [1.82, 2.24) is 10.2 Å². The summed E-state index contributed by atoms with van der Waals surface area (Å²) in [6.45, 7) is 7.23. The monoisotopic (exact) mass is 280 g/mol. The maximum atomic E-state index is 12.5. The summed E-state index contributed by atoms with van der Waals surface area (Å²) < 4.78 is 37.5. The summed E-state index contributed by atoms with van der Waals surface area (Å²) in [6, 6.07) is -1.19. The van der Waals surface area contributed by atoms with Gasteiger partial charge in [-0.1, -0.05) is 27.2 Å². The van der Waals surface area contributed by atoms with Crippen LogP contribution in [0, 0.1) is 5.92 Å². The first-order chi connectivity index (χ1) is 8.67. The maximum absolute atomic E-state index is 12.5. The molecule has 0 spiro atoms. The minimum Gasteiger partial charge on any atom is -0.323 e. The molecule has 0 bridgehead atoms. The first kappa shape index (κ1) is 16.3. The largest absolute Gasteiger partial charge is 0.391 e. The molecule has 1 amide bonds. The SMILES string of the molecule is CCCC1NC(C(C)C)C(=O)N1C(C)CC(F)(F)F. The molecule has 1 saturated heterocycles. The van der Waals surface area contributed by atoms with Crippen molar-refractivity contribution in [2.75, 3.05) is 0 Å². The molecule has 3 atom stereocenters. The quantitative estimate of drug-likeness (QED) is 0.840. The first-order valence-electron chi connectivity index (χ1n) is 6.82. The van der Waals surface area contributed by atoms with E-state index in [4.69, 9.17) is 0 Å². The zero-order valence-electron chi connectivity index (χ0n) is 11.9. The lowest BCUT2D eigenvalue weighted by atomic mass is 10.0. The molecule has 3 nitrogen and oxygen atoms in total. The van der Waals surface area contributed by atoms with Crippen LogP contribution in [0.4, 0.5) is 13.2 Å². The standard InChI is InChI=1S/C13H23F3N2O/c1-5-6-10-17-11(8(2)3)12(19)18(10)9(4)7-13(14,15)16/h8-11,17H,5-7H2,1-4H3. The number of amides is 1. The van der Waals surface area contributed by atoms with Gasteiger partial charge in [0.25, 0.3) is 0 Å². The number of nitrogens with one attached hydrogen (secondary N) is 1. The van der Waals surface area contributed by atoms with Crippen LogP contribution in [0.3, 0.4) is 0 Å². The summed E-state index contributed by atoms with van der Waals surface area (Å²) in [5, 5.41) is 3.17. The van der Waals surface area contributed by atoms with Gasteiger partial charge in [-0.3, -0.25) is 10.1 Å². The van der Waals surface area contributed by atoms with Gasteiger partial charge in [-0.15, -0.1) is 0 Å². The van der Waals surface area contributed by atoms with E-state index in [0.29, 0.717) is 6.42 Å². The number of hydrogen-bond donors (Lipinski definition) is 1. The highest BCUT2D eigenvalue weighted by molar-refractivity contribution is 5.84. The van der Waals surface area contributed by atoms with Crippen molar-refractivity contribution in [2.24, 2.45) is 5.92 Å². The van der Waals surface area contributed by atoms with Gasteiger partial charge in [0.05, 0.1) is 18.6 Å². The Morgan fingerprint density at radius 1 is 1.32 bits per heavy atom. The number of nitrogens with zero attached hydrogens (tertiary/aromatic N) is 1. The Morgan fingerprint density at radius 2 is 1.89 bits per heavy atom. The zero-order chi connectivity index (χ0) is 14.8. The number of hydrogen-bond acceptors (Lipinski definition) is 2. The third-order valence-corrected chi connectivity index (χ3v) is 3.46. The second-order valence-electron chi connectivity index (χ2n) is 5.61.